The molecule has 4 rings (SSSR count). The van der Waals surface area contributed by atoms with Crippen molar-refractivity contribution in [2.75, 3.05) is 31.6 Å². The Bertz CT molecular complexity index is 1100. The first kappa shape index (κ1) is 22.1. The van der Waals surface area contributed by atoms with Gasteiger partial charge in [-0.05, 0) is 33.6 Å². The molecule has 1 fully saturated rings. The highest BCUT2D eigenvalue weighted by Gasteiger charge is 2.30. The second-order valence-electron chi connectivity index (χ2n) is 9.18. The van der Waals surface area contributed by atoms with Crippen LogP contribution in [0.2, 0.25) is 0 Å². The maximum atomic E-state index is 12.6. The Morgan fingerprint density at radius 3 is 2.81 bits per heavy atom. The van der Waals surface area contributed by atoms with Crippen molar-refractivity contribution in [2.24, 2.45) is 7.05 Å². The molecule has 0 aliphatic carbocycles. The van der Waals surface area contributed by atoms with Crippen molar-refractivity contribution in [3.63, 3.8) is 0 Å². The normalized spacial score (nSPS) is 17.0. The number of ether oxygens (including phenoxy) is 1. The first-order chi connectivity index (χ1) is 15.2. The van der Waals surface area contributed by atoms with Crippen LogP contribution < -0.4 is 5.32 Å². The van der Waals surface area contributed by atoms with Crippen LogP contribution in [0, 0.1) is 0 Å². The van der Waals surface area contributed by atoms with Crippen molar-refractivity contribution in [3.05, 3.63) is 30.4 Å². The van der Waals surface area contributed by atoms with E-state index in [1.807, 2.05) is 40.1 Å². The molecule has 0 aromatic carbocycles. The summed E-state index contributed by atoms with van der Waals surface area (Å²) in [6.45, 7) is 7.26. The summed E-state index contributed by atoms with van der Waals surface area (Å²) >= 11 is 0. The zero-order valence-electron chi connectivity index (χ0n) is 19.1. The standard InChI is InChI=1S/C22H31N7O3/c1-22(2,3)32-21(31)28-8-5-6-15(14-28)18-10-19(23-7-9-30)29-20(26-18)17(12-25-29)16-11-24-27(4)13-16/h10-13,15,23,30H,5-9,14H2,1-4H3. The van der Waals surface area contributed by atoms with Gasteiger partial charge in [0.15, 0.2) is 5.65 Å². The van der Waals surface area contributed by atoms with E-state index in [-0.39, 0.29) is 18.6 Å². The topological polar surface area (TPSA) is 110 Å². The second-order valence-corrected chi connectivity index (χ2v) is 9.18. The maximum Gasteiger partial charge on any atom is 0.410 e. The number of aliphatic hydroxyl groups excluding tert-OH is 1. The molecule has 172 valence electrons. The number of aromatic nitrogens is 5. The first-order valence-electron chi connectivity index (χ1n) is 11.0. The Hall–Kier alpha value is -3.14. The number of anilines is 1. The van der Waals surface area contributed by atoms with Gasteiger partial charge in [0.1, 0.15) is 11.4 Å². The highest BCUT2D eigenvalue weighted by molar-refractivity contribution is 5.77. The lowest BCUT2D eigenvalue weighted by Crippen LogP contribution is -2.42. The summed E-state index contributed by atoms with van der Waals surface area (Å²) in [4.78, 5) is 19.4. The van der Waals surface area contributed by atoms with Crippen LogP contribution in [0.15, 0.2) is 24.7 Å². The number of aliphatic hydroxyl groups is 1. The summed E-state index contributed by atoms with van der Waals surface area (Å²) in [7, 11) is 1.87. The zero-order valence-corrected chi connectivity index (χ0v) is 19.1. The largest absolute Gasteiger partial charge is 0.444 e. The summed E-state index contributed by atoms with van der Waals surface area (Å²) in [5.74, 6) is 0.830. The third-order valence-corrected chi connectivity index (χ3v) is 5.42. The Balaban J connectivity index is 1.69. The fourth-order valence-corrected chi connectivity index (χ4v) is 3.98. The minimum absolute atomic E-state index is 0.00569. The molecule has 10 nitrogen and oxygen atoms in total. The van der Waals surface area contributed by atoms with Crippen molar-refractivity contribution in [3.8, 4) is 11.1 Å². The van der Waals surface area contributed by atoms with E-state index < -0.39 is 5.60 Å². The molecule has 4 heterocycles. The van der Waals surface area contributed by atoms with Crippen LogP contribution in [0.3, 0.4) is 0 Å². The van der Waals surface area contributed by atoms with Gasteiger partial charge in [0.05, 0.1) is 24.7 Å². The van der Waals surface area contributed by atoms with E-state index in [9.17, 15) is 9.90 Å². The zero-order chi connectivity index (χ0) is 22.9. The monoisotopic (exact) mass is 441 g/mol. The van der Waals surface area contributed by atoms with E-state index >= 15 is 0 Å². The number of likely N-dealkylation sites (tertiary alicyclic amines) is 1. The van der Waals surface area contributed by atoms with Crippen molar-refractivity contribution in [1.29, 1.82) is 0 Å². The number of aryl methyl sites for hydroxylation is 1. The number of fused-ring (bicyclic) bond motifs is 1. The molecule has 1 aliphatic rings. The quantitative estimate of drug-likeness (QED) is 0.626. The molecule has 0 bridgehead atoms. The average Bonchev–Trinajstić information content (AvgIpc) is 3.36. The van der Waals surface area contributed by atoms with Gasteiger partial charge in [0.25, 0.3) is 0 Å². The van der Waals surface area contributed by atoms with Gasteiger partial charge >= 0.3 is 6.09 Å². The van der Waals surface area contributed by atoms with Crippen LogP contribution in [0.5, 0.6) is 0 Å². The Morgan fingerprint density at radius 2 is 2.12 bits per heavy atom. The number of rotatable bonds is 5. The summed E-state index contributed by atoms with van der Waals surface area (Å²) in [5.41, 5.74) is 2.88. The minimum atomic E-state index is -0.529. The fraction of sp³-hybridized carbons (Fsp3) is 0.545. The average molecular weight is 442 g/mol. The van der Waals surface area contributed by atoms with E-state index in [0.29, 0.717) is 25.3 Å². The molecule has 3 aromatic rings. The number of carbonyl (C=O) groups is 1. The fourth-order valence-electron chi connectivity index (χ4n) is 3.98. The SMILES string of the molecule is Cn1cc(-c2cnn3c(NCCO)cc(C4CCCN(C(=O)OC(C)(C)C)C4)nc23)cn1. The molecule has 0 spiro atoms. The number of hydrogen-bond donors (Lipinski definition) is 2. The molecule has 0 radical (unpaired) electrons. The predicted molar refractivity (Wildman–Crippen MR) is 121 cm³/mol. The summed E-state index contributed by atoms with van der Waals surface area (Å²) in [5, 5.41) is 21.3. The number of nitrogens with one attached hydrogen (secondary N) is 1. The van der Waals surface area contributed by atoms with Crippen molar-refractivity contribution in [2.45, 2.75) is 45.1 Å². The third kappa shape index (κ3) is 4.69. The molecule has 3 aromatic heterocycles. The third-order valence-electron chi connectivity index (χ3n) is 5.42. The van der Waals surface area contributed by atoms with Gasteiger partial charge in [-0.2, -0.15) is 14.7 Å². The van der Waals surface area contributed by atoms with Gasteiger partial charge in [-0.25, -0.2) is 9.78 Å². The van der Waals surface area contributed by atoms with Gasteiger partial charge < -0.3 is 20.1 Å². The summed E-state index contributed by atoms with van der Waals surface area (Å²) in [6.07, 6.45) is 7.01. The molecule has 1 aliphatic heterocycles. The molecule has 1 saturated heterocycles. The minimum Gasteiger partial charge on any atom is -0.444 e. The molecule has 32 heavy (non-hydrogen) atoms. The lowest BCUT2D eigenvalue weighted by atomic mass is 9.94. The lowest BCUT2D eigenvalue weighted by molar-refractivity contribution is 0.0197. The molecule has 1 atom stereocenters. The number of carbonyl (C=O) groups excluding carboxylic acids is 1. The highest BCUT2D eigenvalue weighted by Crippen LogP contribution is 2.31. The van der Waals surface area contributed by atoms with Gasteiger partial charge in [0.2, 0.25) is 0 Å². The molecule has 0 saturated carbocycles. The predicted octanol–water partition coefficient (Wildman–Crippen LogP) is 2.65. The Labute approximate surface area is 187 Å². The van der Waals surface area contributed by atoms with E-state index in [1.54, 1.807) is 26.5 Å². The lowest BCUT2D eigenvalue weighted by Gasteiger charge is -2.34. The maximum absolute atomic E-state index is 12.6. The smallest absolute Gasteiger partial charge is 0.410 e. The number of hydrogen-bond acceptors (Lipinski definition) is 7. The molecule has 1 unspecified atom stereocenters. The van der Waals surface area contributed by atoms with Crippen LogP contribution in [0.4, 0.5) is 10.6 Å². The van der Waals surface area contributed by atoms with Crippen LogP contribution in [0.1, 0.15) is 45.2 Å². The molecule has 10 heteroatoms. The molecule has 1 amide bonds. The number of amides is 1. The summed E-state index contributed by atoms with van der Waals surface area (Å²) < 4.78 is 9.07. The number of piperidine rings is 1. The summed E-state index contributed by atoms with van der Waals surface area (Å²) in [6, 6.07) is 1.96. The van der Waals surface area contributed by atoms with Crippen molar-refractivity contribution >= 4 is 17.6 Å². The van der Waals surface area contributed by atoms with Gasteiger partial charge in [0, 0.05) is 56.0 Å². The van der Waals surface area contributed by atoms with E-state index in [2.05, 4.69) is 15.5 Å². The molecule has 2 N–H and O–H groups in total. The van der Waals surface area contributed by atoms with Crippen molar-refractivity contribution in [1.82, 2.24) is 29.3 Å². The molecular weight excluding hydrogens is 410 g/mol. The van der Waals surface area contributed by atoms with Crippen LogP contribution in [-0.4, -0.2) is 72.3 Å². The van der Waals surface area contributed by atoms with E-state index in [0.717, 1.165) is 35.5 Å². The Morgan fingerprint density at radius 1 is 1.31 bits per heavy atom. The Kier molecular flexibility index (Phi) is 6.05. The molecular formula is C22H31N7O3. The van der Waals surface area contributed by atoms with Crippen molar-refractivity contribution < 1.29 is 14.6 Å². The van der Waals surface area contributed by atoms with Crippen LogP contribution >= 0.6 is 0 Å². The van der Waals surface area contributed by atoms with Gasteiger partial charge in [-0.3, -0.25) is 4.68 Å². The van der Waals surface area contributed by atoms with Gasteiger partial charge in [-0.1, -0.05) is 0 Å². The first-order valence-corrected chi connectivity index (χ1v) is 11.0. The van der Waals surface area contributed by atoms with E-state index in [1.165, 1.54) is 0 Å². The highest BCUT2D eigenvalue weighted by atomic mass is 16.6. The number of nitrogens with zero attached hydrogens (tertiary/aromatic N) is 6. The van der Waals surface area contributed by atoms with Crippen LogP contribution in [0.25, 0.3) is 16.8 Å². The van der Waals surface area contributed by atoms with Gasteiger partial charge in [-0.15, -0.1) is 0 Å². The second kappa shape index (κ2) is 8.78. The van der Waals surface area contributed by atoms with Crippen LogP contribution in [-0.2, 0) is 11.8 Å². The van der Waals surface area contributed by atoms with E-state index in [4.69, 9.17) is 9.72 Å².